The van der Waals surface area contributed by atoms with Crippen molar-refractivity contribution in [3.05, 3.63) is 64.4 Å². The van der Waals surface area contributed by atoms with E-state index in [-0.39, 0.29) is 0 Å². The predicted octanol–water partition coefficient (Wildman–Crippen LogP) is 9.47. The molecule has 184 valence electrons. The standard InChI is InChI=1S/C32H51N/c1-10-12-14-15-27-22-25(4)31(29-21-24(3)16-19-30(29)32(6,7)8)28(23-27)18-17-26(5)33(9)20-13-11-2/h17-18,21-23,29-30H,5,10-16,19-20H2,1-4,6-9H3/b18-17-. The molecule has 1 heteroatoms. The van der Waals surface area contributed by atoms with Crippen LogP contribution < -0.4 is 0 Å². The Labute approximate surface area is 206 Å². The maximum atomic E-state index is 4.36. The van der Waals surface area contributed by atoms with Crippen molar-refractivity contribution in [2.45, 2.75) is 106 Å². The van der Waals surface area contributed by atoms with E-state index in [1.807, 2.05) is 0 Å². The predicted molar refractivity (Wildman–Crippen MR) is 149 cm³/mol. The minimum Gasteiger partial charge on any atom is -0.375 e. The average molecular weight is 450 g/mol. The van der Waals surface area contributed by atoms with Gasteiger partial charge in [-0.2, -0.15) is 0 Å². The zero-order chi connectivity index (χ0) is 24.6. The Morgan fingerprint density at radius 2 is 1.79 bits per heavy atom. The van der Waals surface area contributed by atoms with Crippen molar-refractivity contribution < 1.29 is 0 Å². The highest BCUT2D eigenvalue weighted by Crippen LogP contribution is 2.47. The molecular weight excluding hydrogens is 398 g/mol. The van der Waals surface area contributed by atoms with Crippen LogP contribution in [0.15, 0.2) is 42.1 Å². The van der Waals surface area contributed by atoms with E-state index >= 15 is 0 Å². The molecule has 0 saturated carbocycles. The first kappa shape index (κ1) is 27.5. The Bertz CT molecular complexity index is 833. The number of benzene rings is 1. The molecule has 2 rings (SSSR count). The fourth-order valence-electron chi connectivity index (χ4n) is 5.40. The van der Waals surface area contributed by atoms with E-state index in [1.165, 1.54) is 73.6 Å². The van der Waals surface area contributed by atoms with Crippen LogP contribution in [0.2, 0.25) is 0 Å². The fraction of sp³-hybridized carbons (Fsp3) is 0.625. The van der Waals surface area contributed by atoms with E-state index in [0.29, 0.717) is 17.3 Å². The molecule has 1 aliphatic carbocycles. The molecule has 0 radical (unpaired) electrons. The summed E-state index contributed by atoms with van der Waals surface area (Å²) < 4.78 is 0. The molecular formula is C32H51N. The Morgan fingerprint density at radius 1 is 1.09 bits per heavy atom. The number of hydrogen-bond donors (Lipinski definition) is 0. The van der Waals surface area contributed by atoms with Crippen LogP contribution in [0.1, 0.15) is 115 Å². The Balaban J connectivity index is 2.50. The van der Waals surface area contributed by atoms with E-state index < -0.39 is 0 Å². The van der Waals surface area contributed by atoms with Gasteiger partial charge < -0.3 is 4.90 Å². The monoisotopic (exact) mass is 449 g/mol. The molecule has 1 aliphatic rings. The molecule has 33 heavy (non-hydrogen) atoms. The van der Waals surface area contributed by atoms with Crippen molar-refractivity contribution in [2.24, 2.45) is 11.3 Å². The topological polar surface area (TPSA) is 3.24 Å². The largest absolute Gasteiger partial charge is 0.375 e. The number of likely N-dealkylation sites (N-methyl/N-ethyl adjacent to an activating group) is 1. The Morgan fingerprint density at radius 3 is 2.42 bits per heavy atom. The second kappa shape index (κ2) is 12.6. The summed E-state index contributed by atoms with van der Waals surface area (Å²) in [6.45, 7) is 21.9. The van der Waals surface area contributed by atoms with Gasteiger partial charge in [0, 0.05) is 25.2 Å². The number of aryl methyl sites for hydroxylation is 2. The van der Waals surface area contributed by atoms with Crippen LogP contribution in [0, 0.1) is 18.3 Å². The van der Waals surface area contributed by atoms with Crippen molar-refractivity contribution in [1.29, 1.82) is 0 Å². The van der Waals surface area contributed by atoms with Crippen LogP contribution in [0.5, 0.6) is 0 Å². The zero-order valence-corrected chi connectivity index (χ0v) is 23.1. The highest BCUT2D eigenvalue weighted by atomic mass is 15.1. The minimum absolute atomic E-state index is 0.291. The van der Waals surface area contributed by atoms with E-state index in [4.69, 9.17) is 0 Å². The lowest BCUT2D eigenvalue weighted by molar-refractivity contribution is 0.197. The third-order valence-electron chi connectivity index (χ3n) is 7.53. The number of unbranched alkanes of at least 4 members (excludes halogenated alkanes) is 3. The molecule has 1 nitrogen and oxygen atoms in total. The molecule has 0 spiro atoms. The first-order valence-electron chi connectivity index (χ1n) is 13.5. The second-order valence-electron chi connectivity index (χ2n) is 11.5. The van der Waals surface area contributed by atoms with Crippen LogP contribution in [-0.2, 0) is 6.42 Å². The van der Waals surface area contributed by atoms with Gasteiger partial charge in [-0.3, -0.25) is 0 Å². The maximum Gasteiger partial charge on any atom is 0.0290 e. The molecule has 0 heterocycles. The lowest BCUT2D eigenvalue weighted by Gasteiger charge is -2.40. The molecule has 0 fully saturated rings. The second-order valence-corrected chi connectivity index (χ2v) is 11.5. The lowest BCUT2D eigenvalue weighted by atomic mass is 9.64. The van der Waals surface area contributed by atoms with Gasteiger partial charge in [-0.15, -0.1) is 0 Å². The number of hydrogen-bond acceptors (Lipinski definition) is 1. The van der Waals surface area contributed by atoms with Crippen LogP contribution in [0.25, 0.3) is 6.08 Å². The van der Waals surface area contributed by atoms with E-state index in [9.17, 15) is 0 Å². The first-order chi connectivity index (χ1) is 15.6. The van der Waals surface area contributed by atoms with Gasteiger partial charge in [-0.1, -0.05) is 90.3 Å². The molecule has 0 N–H and O–H groups in total. The van der Waals surface area contributed by atoms with Crippen LogP contribution in [-0.4, -0.2) is 18.5 Å². The number of allylic oxidation sites excluding steroid dienone is 3. The minimum atomic E-state index is 0.291. The Kier molecular flexibility index (Phi) is 10.5. The van der Waals surface area contributed by atoms with Gasteiger partial charge in [0.1, 0.15) is 0 Å². The summed E-state index contributed by atoms with van der Waals surface area (Å²) in [7, 11) is 2.17. The molecule has 0 aromatic heterocycles. The normalized spacial score (nSPS) is 19.1. The molecule has 2 unspecified atom stereocenters. The van der Waals surface area contributed by atoms with Gasteiger partial charge >= 0.3 is 0 Å². The highest BCUT2D eigenvalue weighted by molar-refractivity contribution is 5.61. The van der Waals surface area contributed by atoms with Crippen molar-refractivity contribution in [3.8, 4) is 0 Å². The molecule has 0 bridgehead atoms. The molecule has 0 saturated heterocycles. The zero-order valence-electron chi connectivity index (χ0n) is 23.1. The van der Waals surface area contributed by atoms with Gasteiger partial charge in [0.2, 0.25) is 0 Å². The van der Waals surface area contributed by atoms with Crippen LogP contribution in [0.3, 0.4) is 0 Å². The number of nitrogens with zero attached hydrogens (tertiary/aromatic N) is 1. The summed E-state index contributed by atoms with van der Waals surface area (Å²) in [4.78, 5) is 2.29. The average Bonchev–Trinajstić information content (AvgIpc) is 2.74. The third kappa shape index (κ3) is 7.90. The SMILES string of the molecule is C=C(/C=C\c1cc(CCCCC)cc(C)c1C1C=C(C)CCC1C(C)(C)C)N(C)CCCC. The van der Waals surface area contributed by atoms with Crippen LogP contribution >= 0.6 is 0 Å². The Hall–Kier alpha value is -1.76. The molecule has 2 atom stereocenters. The molecule has 1 aromatic carbocycles. The van der Waals surface area contributed by atoms with Gasteiger partial charge in [0.25, 0.3) is 0 Å². The van der Waals surface area contributed by atoms with Gasteiger partial charge in [-0.25, -0.2) is 0 Å². The molecule has 0 amide bonds. The van der Waals surface area contributed by atoms with Crippen molar-refractivity contribution in [1.82, 2.24) is 4.90 Å². The molecule has 1 aromatic rings. The van der Waals surface area contributed by atoms with Gasteiger partial charge in [-0.05, 0) is 85.6 Å². The maximum absolute atomic E-state index is 4.36. The van der Waals surface area contributed by atoms with E-state index in [1.54, 1.807) is 5.57 Å². The summed E-state index contributed by atoms with van der Waals surface area (Å²) in [6.07, 6.45) is 17.1. The van der Waals surface area contributed by atoms with Crippen molar-refractivity contribution in [2.75, 3.05) is 13.6 Å². The third-order valence-corrected chi connectivity index (χ3v) is 7.53. The van der Waals surface area contributed by atoms with E-state index in [0.717, 1.165) is 12.2 Å². The number of rotatable bonds is 11. The smallest absolute Gasteiger partial charge is 0.0290 e. The van der Waals surface area contributed by atoms with Gasteiger partial charge in [0.05, 0.1) is 0 Å². The summed E-state index contributed by atoms with van der Waals surface area (Å²) in [6, 6.07) is 4.95. The van der Waals surface area contributed by atoms with Crippen LogP contribution in [0.4, 0.5) is 0 Å². The van der Waals surface area contributed by atoms with Crippen molar-refractivity contribution in [3.63, 3.8) is 0 Å². The summed E-state index contributed by atoms with van der Waals surface area (Å²) in [5.74, 6) is 1.14. The quantitative estimate of drug-likeness (QED) is 0.185. The van der Waals surface area contributed by atoms with Gasteiger partial charge in [0.15, 0.2) is 0 Å². The molecule has 0 aliphatic heterocycles. The first-order valence-corrected chi connectivity index (χ1v) is 13.5. The van der Waals surface area contributed by atoms with Crippen molar-refractivity contribution >= 4 is 6.08 Å². The summed E-state index contributed by atoms with van der Waals surface area (Å²) >= 11 is 0. The highest BCUT2D eigenvalue weighted by Gasteiger charge is 2.35. The van der Waals surface area contributed by atoms with E-state index in [2.05, 4.69) is 97.4 Å². The fourth-order valence-corrected chi connectivity index (χ4v) is 5.40. The lowest BCUT2D eigenvalue weighted by Crippen LogP contribution is -2.29. The summed E-state index contributed by atoms with van der Waals surface area (Å²) in [5, 5.41) is 0. The summed E-state index contributed by atoms with van der Waals surface area (Å²) in [5.41, 5.74) is 8.82.